The third-order valence-electron chi connectivity index (χ3n) is 4.56. The summed E-state index contributed by atoms with van der Waals surface area (Å²) in [7, 11) is 0. The summed E-state index contributed by atoms with van der Waals surface area (Å²) in [4.78, 5) is 40.2. The van der Waals surface area contributed by atoms with Crippen LogP contribution in [0.3, 0.4) is 0 Å². The number of nitrogens with one attached hydrogen (secondary N) is 1. The topological polar surface area (TPSA) is 75.7 Å². The van der Waals surface area contributed by atoms with E-state index in [1.807, 2.05) is 19.9 Å². The van der Waals surface area contributed by atoms with Crippen molar-refractivity contribution >= 4 is 40.5 Å². The largest absolute Gasteiger partial charge is 0.451 e. The smallest absolute Gasteiger partial charge is 0.348 e. The average Bonchev–Trinajstić information content (AvgIpc) is 2.95. The normalized spacial score (nSPS) is 16.3. The van der Waals surface area contributed by atoms with Gasteiger partial charge in [0.25, 0.3) is 5.91 Å². The third-order valence-corrected chi connectivity index (χ3v) is 5.63. The fourth-order valence-corrected chi connectivity index (χ4v) is 4.21. The van der Waals surface area contributed by atoms with Gasteiger partial charge in [0.2, 0.25) is 5.91 Å². The molecule has 0 saturated carbocycles. The van der Waals surface area contributed by atoms with Crippen molar-refractivity contribution in [3.8, 4) is 0 Å². The summed E-state index contributed by atoms with van der Waals surface area (Å²) in [5.41, 5.74) is 2.29. The van der Waals surface area contributed by atoms with Crippen LogP contribution in [0.4, 0.5) is 11.4 Å². The van der Waals surface area contributed by atoms with Crippen molar-refractivity contribution in [1.29, 1.82) is 0 Å². The minimum Gasteiger partial charge on any atom is -0.451 e. The molecule has 2 aromatic rings. The van der Waals surface area contributed by atoms with E-state index in [2.05, 4.69) is 5.32 Å². The monoisotopic (exact) mass is 386 g/mol. The van der Waals surface area contributed by atoms with Crippen molar-refractivity contribution in [2.24, 2.45) is 0 Å². The molecule has 3 rings (SSSR count). The number of para-hydroxylation sites is 2. The summed E-state index contributed by atoms with van der Waals surface area (Å²) in [5.74, 6) is -1.01. The highest BCUT2D eigenvalue weighted by Gasteiger charge is 2.30. The molecule has 7 heteroatoms. The molecular formula is C20H22N2O4S. The summed E-state index contributed by atoms with van der Waals surface area (Å²) < 4.78 is 5.26. The van der Waals surface area contributed by atoms with E-state index in [9.17, 15) is 14.4 Å². The molecule has 1 aliphatic heterocycles. The van der Waals surface area contributed by atoms with Crippen LogP contribution in [0.15, 0.2) is 30.3 Å². The van der Waals surface area contributed by atoms with Crippen LogP contribution >= 0.6 is 11.3 Å². The highest BCUT2D eigenvalue weighted by Crippen LogP contribution is 2.31. The molecule has 0 aliphatic carbocycles. The lowest BCUT2D eigenvalue weighted by atomic mass is 10.1. The third kappa shape index (κ3) is 4.03. The number of hydrogen-bond donors (Lipinski definition) is 1. The summed E-state index contributed by atoms with van der Waals surface area (Å²) in [6, 6.07) is 8.60. The zero-order valence-corrected chi connectivity index (χ0v) is 16.4. The first-order chi connectivity index (χ1) is 12.9. The Morgan fingerprint density at radius 3 is 2.78 bits per heavy atom. The molecule has 0 unspecified atom stereocenters. The molecule has 2 amide bonds. The van der Waals surface area contributed by atoms with Crippen LogP contribution in [0.5, 0.6) is 0 Å². The zero-order chi connectivity index (χ0) is 19.6. The summed E-state index contributed by atoms with van der Waals surface area (Å²) in [6.07, 6.45) is 1.02. The van der Waals surface area contributed by atoms with Crippen molar-refractivity contribution < 1.29 is 19.1 Å². The van der Waals surface area contributed by atoms with Gasteiger partial charge in [-0.2, -0.15) is 0 Å². The molecule has 1 N–H and O–H groups in total. The Kier molecular flexibility index (Phi) is 5.60. The lowest BCUT2D eigenvalue weighted by molar-refractivity contribution is -0.122. The van der Waals surface area contributed by atoms with Crippen molar-refractivity contribution in [3.63, 3.8) is 0 Å². The fourth-order valence-electron chi connectivity index (χ4n) is 3.21. The molecule has 0 fully saturated rings. The maximum absolute atomic E-state index is 12.8. The Morgan fingerprint density at radius 1 is 1.33 bits per heavy atom. The molecular weight excluding hydrogens is 364 g/mol. The molecule has 6 nitrogen and oxygen atoms in total. The molecule has 2 heterocycles. The zero-order valence-electron chi connectivity index (χ0n) is 15.6. The van der Waals surface area contributed by atoms with Gasteiger partial charge in [-0.05, 0) is 44.0 Å². The molecule has 1 atom stereocenters. The van der Waals surface area contributed by atoms with Crippen LogP contribution in [0.1, 0.15) is 40.4 Å². The van der Waals surface area contributed by atoms with Gasteiger partial charge in [0, 0.05) is 17.3 Å². The number of carbonyl (C=O) groups excluding carboxylic acids is 3. The van der Waals surface area contributed by atoms with Crippen LogP contribution in [0.2, 0.25) is 0 Å². The molecule has 1 aromatic heterocycles. The van der Waals surface area contributed by atoms with Gasteiger partial charge in [-0.3, -0.25) is 9.59 Å². The van der Waals surface area contributed by atoms with E-state index in [1.165, 1.54) is 16.2 Å². The van der Waals surface area contributed by atoms with E-state index in [4.69, 9.17) is 4.74 Å². The first kappa shape index (κ1) is 19.1. The van der Waals surface area contributed by atoms with E-state index < -0.39 is 5.97 Å². The van der Waals surface area contributed by atoms with E-state index in [-0.39, 0.29) is 30.9 Å². The van der Waals surface area contributed by atoms with Crippen LogP contribution < -0.4 is 10.2 Å². The van der Waals surface area contributed by atoms with Gasteiger partial charge in [-0.15, -0.1) is 11.3 Å². The Balaban J connectivity index is 1.75. The van der Waals surface area contributed by atoms with Crippen LogP contribution in [-0.2, 0) is 20.7 Å². The standard InChI is InChI=1S/C20H22N2O4S/c1-4-14-10-17(27-13(14)3)20(25)26-11-19(24)22-12(2)9-18(23)21-15-7-5-6-8-16(15)22/h5-8,10,12H,4,9,11H2,1-3H3,(H,21,23)/t12-/m1/s1. The van der Waals surface area contributed by atoms with Crippen molar-refractivity contribution in [3.05, 3.63) is 45.6 Å². The second-order valence-electron chi connectivity index (χ2n) is 6.50. The Hall–Kier alpha value is -2.67. The number of fused-ring (bicyclic) bond motifs is 1. The minimum atomic E-state index is -0.499. The number of hydrogen-bond acceptors (Lipinski definition) is 5. The number of thiophene rings is 1. The lowest BCUT2D eigenvalue weighted by Gasteiger charge is -2.27. The van der Waals surface area contributed by atoms with Gasteiger partial charge in [0.05, 0.1) is 11.4 Å². The molecule has 0 spiro atoms. The Labute approximate surface area is 162 Å². The van der Waals surface area contributed by atoms with Gasteiger partial charge >= 0.3 is 5.97 Å². The molecule has 0 radical (unpaired) electrons. The number of nitrogens with zero attached hydrogens (tertiary/aromatic N) is 1. The van der Waals surface area contributed by atoms with E-state index in [1.54, 1.807) is 31.2 Å². The lowest BCUT2D eigenvalue weighted by Crippen LogP contribution is -2.41. The van der Waals surface area contributed by atoms with Crippen molar-refractivity contribution in [2.75, 3.05) is 16.8 Å². The summed E-state index contributed by atoms with van der Waals surface area (Å²) in [5, 5.41) is 2.80. The average molecular weight is 386 g/mol. The summed E-state index contributed by atoms with van der Waals surface area (Å²) in [6.45, 7) is 5.42. The molecule has 1 aromatic carbocycles. The van der Waals surface area contributed by atoms with E-state index in [0.29, 0.717) is 16.3 Å². The number of benzene rings is 1. The Morgan fingerprint density at radius 2 is 2.07 bits per heavy atom. The number of rotatable bonds is 4. The second kappa shape index (κ2) is 7.92. The highest BCUT2D eigenvalue weighted by molar-refractivity contribution is 7.14. The second-order valence-corrected chi connectivity index (χ2v) is 7.76. The highest BCUT2D eigenvalue weighted by atomic mass is 32.1. The number of amides is 2. The number of anilines is 2. The molecule has 0 saturated heterocycles. The van der Waals surface area contributed by atoms with Crippen molar-refractivity contribution in [1.82, 2.24) is 0 Å². The van der Waals surface area contributed by atoms with Gasteiger partial charge in [0.15, 0.2) is 6.61 Å². The van der Waals surface area contributed by atoms with E-state index >= 15 is 0 Å². The van der Waals surface area contributed by atoms with E-state index in [0.717, 1.165) is 16.9 Å². The maximum Gasteiger partial charge on any atom is 0.348 e. The SMILES string of the molecule is CCc1cc(C(=O)OCC(=O)N2c3ccccc3NC(=O)C[C@H]2C)sc1C. The van der Waals surface area contributed by atoms with Crippen LogP contribution in [-0.4, -0.2) is 30.4 Å². The van der Waals surface area contributed by atoms with Crippen LogP contribution in [0, 0.1) is 6.92 Å². The number of aryl methyl sites for hydroxylation is 2. The molecule has 0 bridgehead atoms. The van der Waals surface area contributed by atoms with Gasteiger partial charge < -0.3 is 15.0 Å². The molecule has 1 aliphatic rings. The predicted octanol–water partition coefficient (Wildman–Crippen LogP) is 3.54. The first-order valence-corrected chi connectivity index (χ1v) is 9.69. The quantitative estimate of drug-likeness (QED) is 0.816. The number of ether oxygens (including phenoxy) is 1. The maximum atomic E-state index is 12.8. The number of esters is 1. The van der Waals surface area contributed by atoms with Gasteiger partial charge in [0.1, 0.15) is 4.88 Å². The van der Waals surface area contributed by atoms with Crippen LogP contribution in [0.25, 0.3) is 0 Å². The first-order valence-electron chi connectivity index (χ1n) is 8.88. The molecule has 27 heavy (non-hydrogen) atoms. The fraction of sp³-hybridized carbons (Fsp3) is 0.350. The number of carbonyl (C=O) groups is 3. The summed E-state index contributed by atoms with van der Waals surface area (Å²) >= 11 is 1.37. The Bertz CT molecular complexity index is 890. The van der Waals surface area contributed by atoms with Gasteiger partial charge in [-0.1, -0.05) is 19.1 Å². The molecule has 142 valence electrons. The van der Waals surface area contributed by atoms with Gasteiger partial charge in [-0.25, -0.2) is 4.79 Å². The minimum absolute atomic E-state index is 0.150. The predicted molar refractivity (Wildman–Crippen MR) is 105 cm³/mol. The van der Waals surface area contributed by atoms with Crippen molar-refractivity contribution in [2.45, 2.75) is 39.7 Å².